The number of methoxy groups -OCH3 is 3. The predicted molar refractivity (Wildman–Crippen MR) is 104 cm³/mol. The van der Waals surface area contributed by atoms with Gasteiger partial charge in [-0.25, -0.2) is 0 Å². The lowest BCUT2D eigenvalue weighted by atomic mass is 9.95. The van der Waals surface area contributed by atoms with E-state index in [0.29, 0.717) is 17.2 Å². The van der Waals surface area contributed by atoms with E-state index in [1.54, 1.807) is 33.5 Å². The SMILES string of the molecule is COc1cc(OC)c(PC(=O)c2c(C)cc(C)c(C)c2C)c(OC)c1. The van der Waals surface area contributed by atoms with Crippen molar-refractivity contribution in [2.24, 2.45) is 0 Å². The smallest absolute Gasteiger partial charge is 0.186 e. The molecule has 0 N–H and O–H groups in total. The molecule has 0 fully saturated rings. The molecule has 0 aromatic heterocycles. The van der Waals surface area contributed by atoms with Crippen molar-refractivity contribution in [3.63, 3.8) is 0 Å². The second-order valence-corrected chi connectivity index (χ2v) is 7.20. The van der Waals surface area contributed by atoms with Crippen LogP contribution in [-0.4, -0.2) is 26.9 Å². The van der Waals surface area contributed by atoms with Crippen LogP contribution in [0.15, 0.2) is 18.2 Å². The third-order valence-corrected chi connectivity index (χ3v) is 5.76. The summed E-state index contributed by atoms with van der Waals surface area (Å²) in [7, 11) is 4.66. The van der Waals surface area contributed by atoms with Gasteiger partial charge >= 0.3 is 0 Å². The van der Waals surface area contributed by atoms with E-state index in [-0.39, 0.29) is 14.1 Å². The topological polar surface area (TPSA) is 44.8 Å². The number of aryl methyl sites for hydroxylation is 2. The maximum Gasteiger partial charge on any atom is 0.186 e. The second-order valence-electron chi connectivity index (χ2n) is 6.00. The number of rotatable bonds is 6. The van der Waals surface area contributed by atoms with Gasteiger partial charge in [0.2, 0.25) is 0 Å². The molecule has 0 heterocycles. The van der Waals surface area contributed by atoms with Crippen molar-refractivity contribution in [2.45, 2.75) is 27.7 Å². The normalized spacial score (nSPS) is 11.0. The highest BCUT2D eigenvalue weighted by atomic mass is 31.1. The van der Waals surface area contributed by atoms with Gasteiger partial charge in [0, 0.05) is 17.7 Å². The van der Waals surface area contributed by atoms with Crippen LogP contribution in [0.5, 0.6) is 17.2 Å². The highest BCUT2D eigenvalue weighted by Crippen LogP contribution is 2.35. The van der Waals surface area contributed by atoms with Gasteiger partial charge in [-0.1, -0.05) is 6.07 Å². The Kier molecular flexibility index (Phi) is 6.07. The highest BCUT2D eigenvalue weighted by Gasteiger charge is 2.21. The van der Waals surface area contributed by atoms with Gasteiger partial charge in [-0.15, -0.1) is 0 Å². The van der Waals surface area contributed by atoms with Crippen LogP contribution < -0.4 is 19.5 Å². The maximum atomic E-state index is 13.1. The first-order chi connectivity index (χ1) is 11.8. The molecule has 4 nitrogen and oxygen atoms in total. The highest BCUT2D eigenvalue weighted by molar-refractivity contribution is 7.66. The first kappa shape index (κ1) is 19.3. The number of carbonyl (C=O) groups excluding carboxylic acids is 1. The first-order valence-corrected chi connectivity index (χ1v) is 9.02. The molecule has 1 unspecified atom stereocenters. The van der Waals surface area contributed by atoms with E-state index in [2.05, 4.69) is 19.9 Å². The van der Waals surface area contributed by atoms with Crippen molar-refractivity contribution in [3.8, 4) is 17.2 Å². The average molecular weight is 360 g/mol. The van der Waals surface area contributed by atoms with Crippen LogP contribution in [0.25, 0.3) is 0 Å². The molecule has 25 heavy (non-hydrogen) atoms. The first-order valence-electron chi connectivity index (χ1n) is 8.02. The second kappa shape index (κ2) is 7.88. The molecule has 1 atom stereocenters. The minimum atomic E-state index is -0.0938. The summed E-state index contributed by atoms with van der Waals surface area (Å²) in [4.78, 5) is 13.1. The summed E-state index contributed by atoms with van der Waals surface area (Å²) >= 11 is 0. The van der Waals surface area contributed by atoms with Gasteiger partial charge in [0.15, 0.2) is 5.52 Å². The lowest BCUT2D eigenvalue weighted by Gasteiger charge is -2.17. The Bertz CT molecular complexity index is 787. The van der Waals surface area contributed by atoms with Gasteiger partial charge in [0.05, 0.1) is 26.6 Å². The van der Waals surface area contributed by atoms with E-state index in [1.165, 1.54) is 5.56 Å². The van der Waals surface area contributed by atoms with E-state index in [9.17, 15) is 4.79 Å². The Hall–Kier alpha value is -2.06. The molecule has 0 aliphatic rings. The Labute approximate surface area is 151 Å². The van der Waals surface area contributed by atoms with Gasteiger partial charge in [0.25, 0.3) is 0 Å². The summed E-state index contributed by atoms with van der Waals surface area (Å²) in [5.74, 6) is 1.83. The van der Waals surface area contributed by atoms with Crippen LogP contribution in [0, 0.1) is 27.7 Å². The molecule has 2 rings (SSSR count). The summed E-state index contributed by atoms with van der Waals surface area (Å²) in [6.45, 7) is 8.12. The molecule has 0 radical (unpaired) electrons. The van der Waals surface area contributed by atoms with Crippen LogP contribution in [0.2, 0.25) is 0 Å². The summed E-state index contributed by atoms with van der Waals surface area (Å²) in [5, 5.41) is 0.757. The molecular formula is C20H25O4P. The van der Waals surface area contributed by atoms with Gasteiger partial charge in [-0.05, 0) is 58.5 Å². The maximum absolute atomic E-state index is 13.1. The largest absolute Gasteiger partial charge is 0.496 e. The monoisotopic (exact) mass is 360 g/mol. The van der Waals surface area contributed by atoms with Gasteiger partial charge < -0.3 is 14.2 Å². The van der Waals surface area contributed by atoms with Crippen LogP contribution in [-0.2, 0) is 0 Å². The van der Waals surface area contributed by atoms with Gasteiger partial charge in [0.1, 0.15) is 17.2 Å². The van der Waals surface area contributed by atoms with E-state index in [1.807, 2.05) is 13.8 Å². The van der Waals surface area contributed by atoms with E-state index >= 15 is 0 Å². The molecule has 0 bridgehead atoms. The third kappa shape index (κ3) is 3.80. The lowest BCUT2D eigenvalue weighted by molar-refractivity contribution is 0.108. The number of ether oxygens (including phenoxy) is 3. The molecule has 0 aliphatic carbocycles. The van der Waals surface area contributed by atoms with Crippen molar-refractivity contribution < 1.29 is 19.0 Å². The van der Waals surface area contributed by atoms with E-state index < -0.39 is 0 Å². The van der Waals surface area contributed by atoms with E-state index in [4.69, 9.17) is 14.2 Å². The molecule has 0 saturated heterocycles. The van der Waals surface area contributed by atoms with Crippen molar-refractivity contribution >= 4 is 19.4 Å². The average Bonchev–Trinajstić information content (AvgIpc) is 2.59. The molecule has 0 saturated carbocycles. The minimum absolute atomic E-state index is 0.0832. The minimum Gasteiger partial charge on any atom is -0.496 e. The van der Waals surface area contributed by atoms with Gasteiger partial charge in [-0.2, -0.15) is 0 Å². The molecule has 5 heteroatoms. The number of hydrogen-bond acceptors (Lipinski definition) is 4. The zero-order valence-electron chi connectivity index (χ0n) is 15.9. The quantitative estimate of drug-likeness (QED) is 0.728. The van der Waals surface area contributed by atoms with Crippen LogP contribution in [0.1, 0.15) is 32.6 Å². The molecule has 134 valence electrons. The summed E-state index contributed by atoms with van der Waals surface area (Å²) < 4.78 is 16.2. The fourth-order valence-corrected chi connectivity index (χ4v) is 4.27. The zero-order valence-corrected chi connectivity index (χ0v) is 16.9. The van der Waals surface area contributed by atoms with Crippen molar-refractivity contribution in [1.82, 2.24) is 0 Å². The van der Waals surface area contributed by atoms with Crippen molar-refractivity contribution in [3.05, 3.63) is 46.0 Å². The molecule has 0 spiro atoms. The molecule has 0 aliphatic heterocycles. The predicted octanol–water partition coefficient (Wildman–Crippen LogP) is 4.09. The summed E-state index contributed by atoms with van der Waals surface area (Å²) in [6.07, 6.45) is 0. The zero-order chi connectivity index (χ0) is 18.7. The standard InChI is InChI=1S/C20H25O4P/c1-11-8-12(2)18(14(4)13(11)3)20(21)25-19-16(23-6)9-15(22-5)10-17(19)24-7/h8-10,25H,1-7H3. The third-order valence-electron chi connectivity index (χ3n) is 4.54. The van der Waals surface area contributed by atoms with Crippen LogP contribution in [0.3, 0.4) is 0 Å². The van der Waals surface area contributed by atoms with E-state index in [0.717, 1.165) is 27.6 Å². The van der Waals surface area contributed by atoms with Crippen LogP contribution >= 0.6 is 8.58 Å². The fraction of sp³-hybridized carbons (Fsp3) is 0.350. The Morgan fingerprint density at radius 3 is 1.84 bits per heavy atom. The fourth-order valence-electron chi connectivity index (χ4n) is 2.94. The lowest BCUT2D eigenvalue weighted by Crippen LogP contribution is -2.11. The molecule has 2 aromatic carbocycles. The Morgan fingerprint density at radius 2 is 1.36 bits per heavy atom. The van der Waals surface area contributed by atoms with Crippen LogP contribution in [0.4, 0.5) is 0 Å². The van der Waals surface area contributed by atoms with Gasteiger partial charge in [-0.3, -0.25) is 4.79 Å². The Balaban J connectivity index is 2.50. The number of hydrogen-bond donors (Lipinski definition) is 0. The molecule has 0 amide bonds. The molecular weight excluding hydrogens is 335 g/mol. The summed E-state index contributed by atoms with van der Waals surface area (Å²) in [6, 6.07) is 5.62. The summed E-state index contributed by atoms with van der Waals surface area (Å²) in [5.41, 5.74) is 5.29. The molecule has 2 aromatic rings. The van der Waals surface area contributed by atoms with Crippen molar-refractivity contribution in [2.75, 3.05) is 21.3 Å². The number of benzene rings is 2. The number of carbonyl (C=O) groups is 1. The van der Waals surface area contributed by atoms with Crippen molar-refractivity contribution in [1.29, 1.82) is 0 Å². The Morgan fingerprint density at radius 1 is 0.800 bits per heavy atom.